The third-order valence-electron chi connectivity index (χ3n) is 7.24. The van der Waals surface area contributed by atoms with Crippen molar-refractivity contribution in [3.63, 3.8) is 0 Å². The number of hydrogen-bond acceptors (Lipinski definition) is 14. The molecule has 6 N–H and O–H groups in total. The summed E-state index contributed by atoms with van der Waals surface area (Å²) < 4.78 is 22.7. The normalized spacial score (nSPS) is 12.2. The number of hydrogen-bond donors (Lipinski definition) is 4. The average Bonchev–Trinajstić information content (AvgIpc) is 3.06. The standard InChI is InChI=1S/C17H25N5O3.C17H24N4O2/c1-5-11(9-23)21-17-20-8-14(16(18)22-17)25-13-6-15(24-4)19-7-12(13)10(2)3;1-6-22-11(4)14-7-15(13(8-20-14)10(2)3)23-16-9-19-12(5)21-17(16)18/h6-8,10-11,23H,5,9H2,1-4H3,(H3,18,20,21,22);7-11H,6H2,1-5H3,(H2,18,19,21). The van der Waals surface area contributed by atoms with E-state index >= 15 is 0 Å². The summed E-state index contributed by atoms with van der Waals surface area (Å²) in [4.78, 5) is 25.4. The van der Waals surface area contributed by atoms with Gasteiger partial charge in [-0.2, -0.15) is 4.98 Å². The molecule has 2 atom stereocenters. The summed E-state index contributed by atoms with van der Waals surface area (Å²) in [6.07, 6.45) is 7.29. The average molecular weight is 664 g/mol. The van der Waals surface area contributed by atoms with E-state index in [1.165, 1.54) is 6.20 Å². The van der Waals surface area contributed by atoms with E-state index in [0.717, 1.165) is 23.2 Å². The van der Waals surface area contributed by atoms with Crippen LogP contribution in [0.25, 0.3) is 0 Å². The molecule has 0 radical (unpaired) electrons. The van der Waals surface area contributed by atoms with Gasteiger partial charge < -0.3 is 40.8 Å². The zero-order valence-corrected chi connectivity index (χ0v) is 29.3. The molecule has 0 fully saturated rings. The maximum Gasteiger partial charge on any atom is 0.225 e. The van der Waals surface area contributed by atoms with Gasteiger partial charge in [-0.15, -0.1) is 0 Å². The van der Waals surface area contributed by atoms with Crippen LogP contribution in [0.5, 0.6) is 28.9 Å². The highest BCUT2D eigenvalue weighted by Gasteiger charge is 2.17. The van der Waals surface area contributed by atoms with Gasteiger partial charge in [0.05, 0.1) is 44.0 Å². The van der Waals surface area contributed by atoms with Crippen LogP contribution in [0.1, 0.15) is 95.5 Å². The fraction of sp³-hybridized carbons (Fsp3) is 0.471. The number of nitrogens with two attached hydrogens (primary N) is 2. The molecule has 4 rings (SSSR count). The molecule has 0 amide bonds. The highest BCUT2D eigenvalue weighted by molar-refractivity contribution is 5.52. The third-order valence-corrected chi connectivity index (χ3v) is 7.24. The number of methoxy groups -OCH3 is 1. The van der Waals surface area contributed by atoms with Crippen molar-refractivity contribution in [3.05, 3.63) is 59.6 Å². The van der Waals surface area contributed by atoms with Crippen LogP contribution in [0.15, 0.2) is 36.9 Å². The van der Waals surface area contributed by atoms with Crippen molar-refractivity contribution in [3.8, 4) is 28.9 Å². The smallest absolute Gasteiger partial charge is 0.225 e. The van der Waals surface area contributed by atoms with Crippen LogP contribution in [0.2, 0.25) is 0 Å². The molecule has 48 heavy (non-hydrogen) atoms. The van der Waals surface area contributed by atoms with E-state index < -0.39 is 0 Å². The number of aryl methyl sites for hydroxylation is 1. The lowest BCUT2D eigenvalue weighted by atomic mass is 10.0. The van der Waals surface area contributed by atoms with Crippen molar-refractivity contribution in [2.45, 2.75) is 85.8 Å². The topological polar surface area (TPSA) is 199 Å². The van der Waals surface area contributed by atoms with Crippen LogP contribution in [-0.4, -0.2) is 61.4 Å². The van der Waals surface area contributed by atoms with E-state index in [-0.39, 0.29) is 36.4 Å². The highest BCUT2D eigenvalue weighted by atomic mass is 16.5. The van der Waals surface area contributed by atoms with Gasteiger partial charge in [-0.25, -0.2) is 19.9 Å². The Bertz CT molecular complexity index is 1620. The molecular weight excluding hydrogens is 614 g/mol. The van der Waals surface area contributed by atoms with Crippen molar-refractivity contribution in [2.75, 3.05) is 37.1 Å². The first-order chi connectivity index (χ1) is 22.9. The van der Waals surface area contributed by atoms with Crippen LogP contribution in [0.3, 0.4) is 0 Å². The summed E-state index contributed by atoms with van der Waals surface area (Å²) in [5, 5.41) is 12.3. The van der Waals surface area contributed by atoms with Gasteiger partial charge in [0.2, 0.25) is 11.8 Å². The monoisotopic (exact) mass is 663 g/mol. The van der Waals surface area contributed by atoms with Crippen LogP contribution in [0, 0.1) is 6.92 Å². The lowest BCUT2D eigenvalue weighted by Gasteiger charge is -2.17. The molecule has 14 nitrogen and oxygen atoms in total. The Kier molecular flexibility index (Phi) is 14.1. The molecule has 0 saturated heterocycles. The molecule has 4 aromatic heterocycles. The van der Waals surface area contributed by atoms with E-state index in [4.69, 9.17) is 30.4 Å². The number of rotatable bonds is 14. The van der Waals surface area contributed by atoms with Gasteiger partial charge in [0.25, 0.3) is 0 Å². The second-order valence-electron chi connectivity index (χ2n) is 11.6. The maximum absolute atomic E-state index is 9.25. The molecule has 2 unspecified atom stereocenters. The fourth-order valence-electron chi connectivity index (χ4n) is 4.39. The molecule has 4 aromatic rings. The number of aliphatic hydroxyl groups is 1. The summed E-state index contributed by atoms with van der Waals surface area (Å²) in [6.45, 7) is 16.6. The van der Waals surface area contributed by atoms with Gasteiger partial charge in [-0.1, -0.05) is 34.6 Å². The van der Waals surface area contributed by atoms with Crippen molar-refractivity contribution in [1.82, 2.24) is 29.9 Å². The number of aliphatic hydroxyl groups excluding tert-OH is 1. The Morgan fingerprint density at radius 2 is 1.35 bits per heavy atom. The minimum Gasteiger partial charge on any atom is -0.481 e. The second-order valence-corrected chi connectivity index (χ2v) is 11.6. The summed E-state index contributed by atoms with van der Waals surface area (Å²) in [5.74, 6) is 4.51. The minimum atomic E-state index is -0.122. The van der Waals surface area contributed by atoms with Gasteiger partial charge in [0.15, 0.2) is 23.1 Å². The first-order valence-electron chi connectivity index (χ1n) is 16.0. The minimum absolute atomic E-state index is 0.00737. The number of aromatic nitrogens is 6. The van der Waals surface area contributed by atoms with E-state index in [1.807, 2.05) is 46.9 Å². The summed E-state index contributed by atoms with van der Waals surface area (Å²) >= 11 is 0. The number of nitrogens with one attached hydrogen (secondary N) is 1. The molecule has 0 bridgehead atoms. The SMILES string of the molecule is CCC(CO)Nc1ncc(Oc2cc(OC)ncc2C(C)C)c(N)n1.CCOC(C)c1cc(Oc2cnc(C)nc2N)c(C(C)C)cn1. The van der Waals surface area contributed by atoms with Gasteiger partial charge in [-0.05, 0) is 39.0 Å². The van der Waals surface area contributed by atoms with Crippen molar-refractivity contribution in [1.29, 1.82) is 0 Å². The molecule has 0 saturated carbocycles. The van der Waals surface area contributed by atoms with E-state index in [0.29, 0.717) is 53.1 Å². The number of nitrogen functional groups attached to an aromatic ring is 2. The Labute approximate surface area is 282 Å². The summed E-state index contributed by atoms with van der Waals surface area (Å²) in [7, 11) is 1.55. The Balaban J connectivity index is 0.000000261. The lowest BCUT2D eigenvalue weighted by molar-refractivity contribution is 0.0732. The molecule has 0 aliphatic rings. The van der Waals surface area contributed by atoms with Crippen LogP contribution in [0.4, 0.5) is 17.6 Å². The van der Waals surface area contributed by atoms with Crippen LogP contribution < -0.4 is 31.0 Å². The van der Waals surface area contributed by atoms with Crippen molar-refractivity contribution >= 4 is 17.6 Å². The largest absolute Gasteiger partial charge is 0.481 e. The molecule has 0 aliphatic heterocycles. The van der Waals surface area contributed by atoms with E-state index in [1.54, 1.807) is 32.5 Å². The first-order valence-corrected chi connectivity index (χ1v) is 16.0. The second kappa shape index (κ2) is 17.9. The van der Waals surface area contributed by atoms with Crippen molar-refractivity contribution < 1.29 is 24.1 Å². The first kappa shape index (κ1) is 37.6. The molecule has 260 valence electrons. The molecule has 0 aromatic carbocycles. The van der Waals surface area contributed by atoms with Crippen LogP contribution >= 0.6 is 0 Å². The number of ether oxygens (including phenoxy) is 4. The number of nitrogens with zero attached hydrogens (tertiary/aromatic N) is 6. The predicted molar refractivity (Wildman–Crippen MR) is 186 cm³/mol. The van der Waals surface area contributed by atoms with Gasteiger partial charge >= 0.3 is 0 Å². The Morgan fingerprint density at radius 1 is 0.771 bits per heavy atom. The van der Waals surface area contributed by atoms with E-state index in [2.05, 4.69) is 49.1 Å². The Hall–Kier alpha value is -4.82. The van der Waals surface area contributed by atoms with Gasteiger partial charge in [-0.3, -0.25) is 4.98 Å². The predicted octanol–water partition coefficient (Wildman–Crippen LogP) is 6.34. The molecule has 0 aliphatic carbocycles. The zero-order valence-electron chi connectivity index (χ0n) is 29.3. The van der Waals surface area contributed by atoms with Crippen LogP contribution in [-0.2, 0) is 4.74 Å². The molecule has 14 heteroatoms. The maximum atomic E-state index is 9.25. The summed E-state index contributed by atoms with van der Waals surface area (Å²) in [6, 6.07) is 3.48. The summed E-state index contributed by atoms with van der Waals surface area (Å²) in [5.41, 5.74) is 14.7. The fourth-order valence-corrected chi connectivity index (χ4v) is 4.39. The van der Waals surface area contributed by atoms with E-state index in [9.17, 15) is 5.11 Å². The Morgan fingerprint density at radius 3 is 1.88 bits per heavy atom. The van der Waals surface area contributed by atoms with Gasteiger partial charge in [0, 0.05) is 42.3 Å². The van der Waals surface area contributed by atoms with Crippen molar-refractivity contribution in [2.24, 2.45) is 0 Å². The number of pyridine rings is 2. The molecular formula is C34H49N9O5. The lowest BCUT2D eigenvalue weighted by Crippen LogP contribution is -2.24. The molecule has 4 heterocycles. The molecule has 0 spiro atoms. The number of anilines is 3. The zero-order chi connectivity index (χ0) is 35.4. The van der Waals surface area contributed by atoms with Gasteiger partial charge in [0.1, 0.15) is 17.3 Å². The highest BCUT2D eigenvalue weighted by Crippen LogP contribution is 2.35. The third kappa shape index (κ3) is 10.3. The quantitative estimate of drug-likeness (QED) is 0.117.